The van der Waals surface area contributed by atoms with E-state index in [2.05, 4.69) is 10.3 Å². The number of furan rings is 1. The Bertz CT molecular complexity index is 1190. The van der Waals surface area contributed by atoms with Gasteiger partial charge >= 0.3 is 0 Å². The van der Waals surface area contributed by atoms with Crippen LogP contribution in [0.5, 0.6) is 0 Å². The summed E-state index contributed by atoms with van der Waals surface area (Å²) in [5.74, 6) is 0.623. The van der Waals surface area contributed by atoms with Gasteiger partial charge in [0.25, 0.3) is 11.8 Å². The molecule has 2 aromatic heterocycles. The van der Waals surface area contributed by atoms with E-state index < -0.39 is 0 Å². The predicted molar refractivity (Wildman–Crippen MR) is 115 cm³/mol. The van der Waals surface area contributed by atoms with E-state index in [0.29, 0.717) is 24.3 Å². The van der Waals surface area contributed by atoms with Gasteiger partial charge in [-0.1, -0.05) is 24.3 Å². The normalized spacial score (nSPS) is 14.6. The third-order valence-electron chi connectivity index (χ3n) is 5.59. The number of anilines is 1. The van der Waals surface area contributed by atoms with Crippen molar-refractivity contribution < 1.29 is 18.4 Å². The SMILES string of the molecule is O=C(Nc1ccccc1C(=O)N1CCC(c2nc3ccccc3o2)CC1)c1ccco1. The number of nitrogens with zero attached hydrogens (tertiary/aromatic N) is 2. The summed E-state index contributed by atoms with van der Waals surface area (Å²) < 4.78 is 11.1. The summed E-state index contributed by atoms with van der Waals surface area (Å²) in [4.78, 5) is 32.0. The number of oxazole rings is 1. The van der Waals surface area contributed by atoms with Crippen molar-refractivity contribution in [3.05, 3.63) is 84.1 Å². The van der Waals surface area contributed by atoms with Gasteiger partial charge in [-0.3, -0.25) is 9.59 Å². The fourth-order valence-corrected chi connectivity index (χ4v) is 3.93. The Kier molecular flexibility index (Phi) is 5.00. The molecule has 5 rings (SSSR count). The number of amides is 2. The summed E-state index contributed by atoms with van der Waals surface area (Å²) in [5.41, 5.74) is 2.58. The van der Waals surface area contributed by atoms with Crippen molar-refractivity contribution in [3.63, 3.8) is 0 Å². The number of nitrogens with one attached hydrogen (secondary N) is 1. The first kappa shape index (κ1) is 19.1. The third-order valence-corrected chi connectivity index (χ3v) is 5.59. The molecule has 1 aliphatic rings. The van der Waals surface area contributed by atoms with Gasteiger partial charge in [0.15, 0.2) is 17.2 Å². The molecule has 0 aliphatic carbocycles. The standard InChI is InChI=1S/C24H21N3O4/c28-22(21-10-5-15-30-21)25-18-7-2-1-6-17(18)24(29)27-13-11-16(12-14-27)23-26-19-8-3-4-9-20(19)31-23/h1-10,15-16H,11-14H2,(H,25,28). The van der Waals surface area contributed by atoms with Gasteiger partial charge in [0.05, 0.1) is 17.5 Å². The fourth-order valence-electron chi connectivity index (χ4n) is 3.93. The van der Waals surface area contributed by atoms with Crippen molar-refractivity contribution in [1.29, 1.82) is 0 Å². The Morgan fingerprint density at radius 1 is 0.968 bits per heavy atom. The van der Waals surface area contributed by atoms with Crippen LogP contribution in [0.15, 0.2) is 75.8 Å². The summed E-state index contributed by atoms with van der Waals surface area (Å²) in [7, 11) is 0. The van der Waals surface area contributed by atoms with Gasteiger partial charge in [0.2, 0.25) is 0 Å². The van der Waals surface area contributed by atoms with Crippen LogP contribution in [0.25, 0.3) is 11.1 Å². The molecule has 156 valence electrons. The van der Waals surface area contributed by atoms with E-state index in [1.165, 1.54) is 6.26 Å². The molecule has 1 N–H and O–H groups in total. The molecule has 0 bridgehead atoms. The van der Waals surface area contributed by atoms with E-state index in [1.807, 2.05) is 29.2 Å². The Labute approximate surface area is 178 Å². The first-order chi connectivity index (χ1) is 15.2. The lowest BCUT2D eigenvalue weighted by Crippen LogP contribution is -2.38. The number of hydrogen-bond acceptors (Lipinski definition) is 5. The van der Waals surface area contributed by atoms with Gasteiger partial charge < -0.3 is 19.1 Å². The van der Waals surface area contributed by atoms with Gasteiger partial charge in [0, 0.05) is 19.0 Å². The van der Waals surface area contributed by atoms with Crippen LogP contribution in [0.1, 0.15) is 45.6 Å². The Balaban J connectivity index is 1.28. The van der Waals surface area contributed by atoms with Crippen LogP contribution in [0.4, 0.5) is 5.69 Å². The van der Waals surface area contributed by atoms with Gasteiger partial charge in [-0.15, -0.1) is 0 Å². The van der Waals surface area contributed by atoms with E-state index in [-0.39, 0.29) is 23.5 Å². The first-order valence-electron chi connectivity index (χ1n) is 10.3. The maximum atomic E-state index is 13.2. The molecule has 0 atom stereocenters. The molecule has 0 radical (unpaired) electrons. The number of piperidine rings is 1. The maximum Gasteiger partial charge on any atom is 0.291 e. The van der Waals surface area contributed by atoms with Crippen LogP contribution >= 0.6 is 0 Å². The predicted octanol–water partition coefficient (Wildman–Crippen LogP) is 4.69. The second-order valence-corrected chi connectivity index (χ2v) is 7.56. The molecule has 7 nitrogen and oxygen atoms in total. The molecule has 1 aliphatic heterocycles. The van der Waals surface area contributed by atoms with Gasteiger partial charge in [-0.25, -0.2) is 4.98 Å². The van der Waals surface area contributed by atoms with Crippen LogP contribution in [-0.2, 0) is 0 Å². The lowest BCUT2D eigenvalue weighted by molar-refractivity contribution is 0.0708. The molecule has 0 spiro atoms. The molecule has 4 aromatic rings. The number of benzene rings is 2. The van der Waals surface area contributed by atoms with Gasteiger partial charge in [0.1, 0.15) is 5.52 Å². The number of aromatic nitrogens is 1. The number of hydrogen-bond donors (Lipinski definition) is 1. The highest BCUT2D eigenvalue weighted by Gasteiger charge is 2.28. The van der Waals surface area contributed by atoms with Crippen molar-refractivity contribution >= 4 is 28.6 Å². The Morgan fingerprint density at radius 3 is 2.52 bits per heavy atom. The molecule has 7 heteroatoms. The molecule has 0 saturated carbocycles. The first-order valence-corrected chi connectivity index (χ1v) is 10.3. The zero-order valence-electron chi connectivity index (χ0n) is 16.8. The second-order valence-electron chi connectivity index (χ2n) is 7.56. The quantitative estimate of drug-likeness (QED) is 0.522. The van der Waals surface area contributed by atoms with Crippen molar-refractivity contribution in [2.75, 3.05) is 18.4 Å². The lowest BCUT2D eigenvalue weighted by Gasteiger charge is -2.31. The molecule has 2 aromatic carbocycles. The largest absolute Gasteiger partial charge is 0.459 e. The molecule has 0 unspecified atom stereocenters. The number of carbonyl (C=O) groups excluding carboxylic acids is 2. The highest BCUT2D eigenvalue weighted by atomic mass is 16.3. The van der Waals surface area contributed by atoms with Crippen molar-refractivity contribution in [2.24, 2.45) is 0 Å². The van der Waals surface area contributed by atoms with Crippen LogP contribution in [0.3, 0.4) is 0 Å². The van der Waals surface area contributed by atoms with Crippen LogP contribution in [0, 0.1) is 0 Å². The molecule has 31 heavy (non-hydrogen) atoms. The van der Waals surface area contributed by atoms with Crippen LogP contribution < -0.4 is 5.32 Å². The smallest absolute Gasteiger partial charge is 0.291 e. The number of para-hydroxylation sites is 3. The molecule has 2 amide bonds. The van der Waals surface area contributed by atoms with E-state index in [0.717, 1.165) is 29.8 Å². The Morgan fingerprint density at radius 2 is 1.74 bits per heavy atom. The maximum absolute atomic E-state index is 13.2. The minimum absolute atomic E-state index is 0.105. The minimum atomic E-state index is -0.389. The van der Waals surface area contributed by atoms with Gasteiger partial charge in [-0.05, 0) is 49.2 Å². The average Bonchev–Trinajstić information content (AvgIpc) is 3.49. The minimum Gasteiger partial charge on any atom is -0.459 e. The van der Waals surface area contributed by atoms with E-state index in [1.54, 1.807) is 36.4 Å². The highest BCUT2D eigenvalue weighted by molar-refractivity contribution is 6.07. The summed E-state index contributed by atoms with van der Waals surface area (Å²) in [6.45, 7) is 1.20. The van der Waals surface area contributed by atoms with E-state index >= 15 is 0 Å². The summed E-state index contributed by atoms with van der Waals surface area (Å²) in [5, 5.41) is 2.78. The Hall–Kier alpha value is -3.87. The zero-order valence-corrected chi connectivity index (χ0v) is 16.8. The number of likely N-dealkylation sites (tertiary alicyclic amines) is 1. The summed E-state index contributed by atoms with van der Waals surface area (Å²) >= 11 is 0. The number of carbonyl (C=O) groups is 2. The second kappa shape index (κ2) is 8.10. The monoisotopic (exact) mass is 415 g/mol. The molecular formula is C24H21N3O4. The summed E-state index contributed by atoms with van der Waals surface area (Å²) in [6, 6.07) is 18.0. The third kappa shape index (κ3) is 3.82. The molecule has 1 saturated heterocycles. The number of fused-ring (bicyclic) bond motifs is 1. The topological polar surface area (TPSA) is 88.6 Å². The fraction of sp³-hybridized carbons (Fsp3) is 0.208. The molecular weight excluding hydrogens is 394 g/mol. The van der Waals surface area contributed by atoms with Gasteiger partial charge in [-0.2, -0.15) is 0 Å². The molecule has 1 fully saturated rings. The van der Waals surface area contributed by atoms with Crippen molar-refractivity contribution in [1.82, 2.24) is 9.88 Å². The lowest BCUT2D eigenvalue weighted by atomic mass is 9.96. The highest BCUT2D eigenvalue weighted by Crippen LogP contribution is 2.31. The van der Waals surface area contributed by atoms with Crippen molar-refractivity contribution in [2.45, 2.75) is 18.8 Å². The van der Waals surface area contributed by atoms with E-state index in [4.69, 9.17) is 8.83 Å². The average molecular weight is 415 g/mol. The van der Waals surface area contributed by atoms with Crippen LogP contribution in [-0.4, -0.2) is 34.8 Å². The van der Waals surface area contributed by atoms with Crippen LogP contribution in [0.2, 0.25) is 0 Å². The van der Waals surface area contributed by atoms with Crippen molar-refractivity contribution in [3.8, 4) is 0 Å². The summed E-state index contributed by atoms with van der Waals surface area (Å²) in [6.07, 6.45) is 2.99. The zero-order chi connectivity index (χ0) is 21.2. The number of rotatable bonds is 4. The molecule has 3 heterocycles. The van der Waals surface area contributed by atoms with E-state index in [9.17, 15) is 9.59 Å².